The summed E-state index contributed by atoms with van der Waals surface area (Å²) in [5.74, 6) is -0.463. The van der Waals surface area contributed by atoms with E-state index in [0.29, 0.717) is 10.6 Å². The van der Waals surface area contributed by atoms with Gasteiger partial charge in [0.05, 0.1) is 23.2 Å². The molecule has 1 heterocycles. The Morgan fingerprint density at radius 2 is 2.22 bits per heavy atom. The summed E-state index contributed by atoms with van der Waals surface area (Å²) in [6.45, 7) is 2.11. The standard InChI is InChI=1S/C14H14ClNO2/c1-3-5-9-6-4-7-10-12(15)11(14(17)18-2)8-16-13(9)10/h4,6-8H,3,5H2,1-2H3. The zero-order valence-corrected chi connectivity index (χ0v) is 11.1. The fourth-order valence-corrected chi connectivity index (χ4v) is 2.25. The molecule has 0 aliphatic rings. The number of carbonyl (C=O) groups is 1. The highest BCUT2D eigenvalue weighted by Gasteiger charge is 2.15. The topological polar surface area (TPSA) is 39.2 Å². The van der Waals surface area contributed by atoms with Crippen LogP contribution in [0.4, 0.5) is 0 Å². The van der Waals surface area contributed by atoms with Crippen molar-refractivity contribution in [3.05, 3.63) is 40.5 Å². The molecule has 0 radical (unpaired) electrons. The highest BCUT2D eigenvalue weighted by atomic mass is 35.5. The second-order valence-electron chi connectivity index (χ2n) is 4.04. The number of para-hydroxylation sites is 1. The molecule has 2 rings (SSSR count). The van der Waals surface area contributed by atoms with Gasteiger partial charge in [-0.1, -0.05) is 43.1 Å². The van der Waals surface area contributed by atoms with Gasteiger partial charge in [0.1, 0.15) is 0 Å². The van der Waals surface area contributed by atoms with Crippen LogP contribution < -0.4 is 0 Å². The maximum absolute atomic E-state index is 11.5. The lowest BCUT2D eigenvalue weighted by Gasteiger charge is -2.08. The number of esters is 1. The van der Waals surface area contributed by atoms with E-state index in [1.54, 1.807) is 0 Å². The normalized spacial score (nSPS) is 10.6. The second kappa shape index (κ2) is 5.36. The third-order valence-corrected chi connectivity index (χ3v) is 3.25. The van der Waals surface area contributed by atoms with Crippen molar-refractivity contribution >= 4 is 28.5 Å². The van der Waals surface area contributed by atoms with Gasteiger partial charge in [0, 0.05) is 11.6 Å². The smallest absolute Gasteiger partial charge is 0.340 e. The molecule has 4 heteroatoms. The molecular weight excluding hydrogens is 250 g/mol. The molecule has 0 amide bonds. The van der Waals surface area contributed by atoms with E-state index in [1.807, 2.05) is 18.2 Å². The van der Waals surface area contributed by atoms with Gasteiger partial charge < -0.3 is 4.74 Å². The van der Waals surface area contributed by atoms with E-state index < -0.39 is 5.97 Å². The van der Waals surface area contributed by atoms with Crippen molar-refractivity contribution in [2.45, 2.75) is 19.8 Å². The first-order valence-electron chi connectivity index (χ1n) is 5.83. The first kappa shape index (κ1) is 12.8. The summed E-state index contributed by atoms with van der Waals surface area (Å²) < 4.78 is 4.68. The molecule has 0 unspecified atom stereocenters. The van der Waals surface area contributed by atoms with Gasteiger partial charge in [-0.05, 0) is 12.0 Å². The molecule has 0 fully saturated rings. The molecule has 0 aliphatic carbocycles. The Morgan fingerprint density at radius 1 is 1.44 bits per heavy atom. The second-order valence-corrected chi connectivity index (χ2v) is 4.42. The first-order chi connectivity index (χ1) is 8.69. The van der Waals surface area contributed by atoms with Crippen LogP contribution in [0.5, 0.6) is 0 Å². The quantitative estimate of drug-likeness (QED) is 0.794. The number of pyridine rings is 1. The Labute approximate surface area is 111 Å². The SMILES string of the molecule is CCCc1cccc2c(Cl)c(C(=O)OC)cnc12. The minimum Gasteiger partial charge on any atom is -0.465 e. The van der Waals surface area contributed by atoms with Crippen LogP contribution >= 0.6 is 11.6 Å². The number of ether oxygens (including phenoxy) is 1. The van der Waals surface area contributed by atoms with Crippen molar-refractivity contribution in [3.63, 3.8) is 0 Å². The maximum atomic E-state index is 11.5. The predicted octanol–water partition coefficient (Wildman–Crippen LogP) is 3.63. The number of rotatable bonds is 3. The summed E-state index contributed by atoms with van der Waals surface area (Å²) >= 11 is 6.25. The van der Waals surface area contributed by atoms with E-state index >= 15 is 0 Å². The van der Waals surface area contributed by atoms with Gasteiger partial charge in [0.15, 0.2) is 0 Å². The molecule has 0 saturated heterocycles. The van der Waals surface area contributed by atoms with Crippen molar-refractivity contribution in [2.75, 3.05) is 7.11 Å². The van der Waals surface area contributed by atoms with E-state index in [9.17, 15) is 4.79 Å². The van der Waals surface area contributed by atoms with Crippen molar-refractivity contribution in [3.8, 4) is 0 Å². The van der Waals surface area contributed by atoms with Crippen LogP contribution in [0.25, 0.3) is 10.9 Å². The number of halogens is 1. The molecule has 0 N–H and O–H groups in total. The molecule has 1 aromatic heterocycles. The summed E-state index contributed by atoms with van der Waals surface area (Å²) in [5, 5.41) is 1.20. The van der Waals surface area contributed by atoms with Gasteiger partial charge >= 0.3 is 5.97 Å². The maximum Gasteiger partial charge on any atom is 0.340 e. The lowest BCUT2D eigenvalue weighted by Crippen LogP contribution is -2.04. The van der Waals surface area contributed by atoms with E-state index in [1.165, 1.54) is 13.3 Å². The third-order valence-electron chi connectivity index (χ3n) is 2.84. The number of fused-ring (bicyclic) bond motifs is 1. The Balaban J connectivity index is 2.65. The fraction of sp³-hybridized carbons (Fsp3) is 0.286. The van der Waals surface area contributed by atoms with Crippen LogP contribution in [0.2, 0.25) is 5.02 Å². The average molecular weight is 264 g/mol. The molecule has 0 aliphatic heterocycles. The third kappa shape index (κ3) is 2.18. The number of hydrogen-bond acceptors (Lipinski definition) is 3. The molecule has 94 valence electrons. The number of carbonyl (C=O) groups excluding carboxylic acids is 1. The van der Waals surface area contributed by atoms with Gasteiger partial charge in [-0.2, -0.15) is 0 Å². The number of hydrogen-bond donors (Lipinski definition) is 0. The van der Waals surface area contributed by atoms with Crippen molar-refractivity contribution in [1.82, 2.24) is 4.98 Å². The summed E-state index contributed by atoms with van der Waals surface area (Å²) in [6.07, 6.45) is 3.46. The van der Waals surface area contributed by atoms with E-state index in [2.05, 4.69) is 16.6 Å². The molecule has 18 heavy (non-hydrogen) atoms. The number of nitrogens with zero attached hydrogens (tertiary/aromatic N) is 1. The van der Waals surface area contributed by atoms with Gasteiger partial charge in [-0.25, -0.2) is 4.79 Å². The molecule has 2 aromatic rings. The number of benzene rings is 1. The Morgan fingerprint density at radius 3 is 2.89 bits per heavy atom. The molecule has 0 spiro atoms. The van der Waals surface area contributed by atoms with Gasteiger partial charge in [-0.3, -0.25) is 4.98 Å². The lowest BCUT2D eigenvalue weighted by atomic mass is 10.0. The average Bonchev–Trinajstić information content (AvgIpc) is 2.39. The molecule has 1 aromatic carbocycles. The van der Waals surface area contributed by atoms with E-state index in [-0.39, 0.29) is 0 Å². The van der Waals surface area contributed by atoms with Gasteiger partial charge in [-0.15, -0.1) is 0 Å². The number of aryl methyl sites for hydroxylation is 1. The van der Waals surface area contributed by atoms with Crippen molar-refractivity contribution in [2.24, 2.45) is 0 Å². The Kier molecular flexibility index (Phi) is 3.82. The van der Waals surface area contributed by atoms with Crippen LogP contribution in [-0.2, 0) is 11.2 Å². The summed E-state index contributed by atoms with van der Waals surface area (Å²) in [7, 11) is 1.33. The molecule has 3 nitrogen and oxygen atoms in total. The Bertz CT molecular complexity index is 596. The summed E-state index contributed by atoms with van der Waals surface area (Å²) in [5.41, 5.74) is 2.31. The zero-order chi connectivity index (χ0) is 13.1. The van der Waals surface area contributed by atoms with Crippen molar-refractivity contribution < 1.29 is 9.53 Å². The van der Waals surface area contributed by atoms with Crippen molar-refractivity contribution in [1.29, 1.82) is 0 Å². The molecular formula is C14H14ClNO2. The van der Waals surface area contributed by atoms with Gasteiger partial charge in [0.25, 0.3) is 0 Å². The Hall–Kier alpha value is -1.61. The molecule has 0 atom stereocenters. The van der Waals surface area contributed by atoms with Crippen LogP contribution in [0.1, 0.15) is 29.3 Å². The van der Waals surface area contributed by atoms with Gasteiger partial charge in [0.2, 0.25) is 0 Å². The minimum absolute atomic E-state index is 0.306. The molecule has 0 bridgehead atoms. The fourth-order valence-electron chi connectivity index (χ4n) is 1.98. The van der Waals surface area contributed by atoms with E-state index in [0.717, 1.165) is 29.3 Å². The highest BCUT2D eigenvalue weighted by Crippen LogP contribution is 2.28. The van der Waals surface area contributed by atoms with E-state index in [4.69, 9.17) is 11.6 Å². The summed E-state index contributed by atoms with van der Waals surface area (Å²) in [4.78, 5) is 15.9. The van der Waals surface area contributed by atoms with Crippen LogP contribution in [0.15, 0.2) is 24.4 Å². The number of aromatic nitrogens is 1. The largest absolute Gasteiger partial charge is 0.465 e. The first-order valence-corrected chi connectivity index (χ1v) is 6.21. The van der Waals surface area contributed by atoms with Crippen LogP contribution in [0.3, 0.4) is 0 Å². The predicted molar refractivity (Wildman–Crippen MR) is 72.1 cm³/mol. The number of methoxy groups -OCH3 is 1. The van der Waals surface area contributed by atoms with Crippen LogP contribution in [-0.4, -0.2) is 18.1 Å². The minimum atomic E-state index is -0.463. The van der Waals surface area contributed by atoms with Crippen LogP contribution in [0, 0.1) is 0 Å². The highest BCUT2D eigenvalue weighted by molar-refractivity contribution is 6.38. The summed E-state index contributed by atoms with van der Waals surface area (Å²) in [6, 6.07) is 5.84. The molecule has 0 saturated carbocycles. The zero-order valence-electron chi connectivity index (χ0n) is 10.4. The monoisotopic (exact) mass is 263 g/mol. The lowest BCUT2D eigenvalue weighted by molar-refractivity contribution is 0.0600.